The molecule has 0 rings (SSSR count). The summed E-state index contributed by atoms with van der Waals surface area (Å²) in [4.78, 5) is 0. The van der Waals surface area contributed by atoms with Crippen molar-refractivity contribution in [3.63, 3.8) is 0 Å². The van der Waals surface area contributed by atoms with E-state index < -0.39 is 0 Å². The highest BCUT2D eigenvalue weighted by Gasteiger charge is 1.95. The minimum atomic E-state index is 0.874. The smallest absolute Gasteiger partial charge is 0.0799 e. The molecule has 0 bridgehead atoms. The fourth-order valence-electron chi connectivity index (χ4n) is 3.31. The number of hydrogen-bond acceptors (Lipinski definition) is 1. The van der Waals surface area contributed by atoms with Crippen LogP contribution in [0.5, 0.6) is 0 Å². The number of rotatable bonds is 20. The van der Waals surface area contributed by atoms with Gasteiger partial charge in [0.15, 0.2) is 0 Å². The molecule has 0 heterocycles. The molecule has 0 aromatic carbocycles. The highest BCUT2D eigenvalue weighted by molar-refractivity contribution is 4.52. The first-order chi connectivity index (χ1) is 11.4. The standard InChI is InChI=1S/C22H45O/c1-2-3-4-5-6-7-8-9-10-11-12-13-14-15-16-17-18-19-20-21-22-23/h22-23H,2-21H2,1H3. The molecule has 0 atom stereocenters. The summed E-state index contributed by atoms with van der Waals surface area (Å²) in [5.41, 5.74) is 0. The summed E-state index contributed by atoms with van der Waals surface area (Å²) in [6.07, 6.45) is 27.8. The molecule has 0 spiro atoms. The van der Waals surface area contributed by atoms with E-state index in [0.29, 0.717) is 0 Å². The molecule has 0 fully saturated rings. The van der Waals surface area contributed by atoms with Gasteiger partial charge in [-0.1, -0.05) is 129 Å². The summed E-state index contributed by atoms with van der Waals surface area (Å²) >= 11 is 0. The Morgan fingerprint density at radius 2 is 0.696 bits per heavy atom. The molecule has 0 saturated heterocycles. The summed E-state index contributed by atoms with van der Waals surface area (Å²) in [6.45, 7) is 3.59. The molecule has 0 saturated carbocycles. The van der Waals surface area contributed by atoms with Crippen LogP contribution in [0.25, 0.3) is 0 Å². The zero-order chi connectivity index (χ0) is 16.8. The molecule has 1 heteroatoms. The first-order valence-corrected chi connectivity index (χ1v) is 10.9. The van der Waals surface area contributed by atoms with Crippen LogP contribution in [0.2, 0.25) is 0 Å². The van der Waals surface area contributed by atoms with Crippen molar-refractivity contribution in [1.82, 2.24) is 0 Å². The molecule has 1 N–H and O–H groups in total. The molecule has 0 aromatic heterocycles. The predicted molar refractivity (Wildman–Crippen MR) is 104 cm³/mol. The minimum absolute atomic E-state index is 0.874. The lowest BCUT2D eigenvalue weighted by Gasteiger charge is -2.03. The third-order valence-electron chi connectivity index (χ3n) is 4.94. The van der Waals surface area contributed by atoms with Crippen LogP contribution in [0.3, 0.4) is 0 Å². The van der Waals surface area contributed by atoms with Crippen LogP contribution in [0, 0.1) is 6.61 Å². The van der Waals surface area contributed by atoms with Gasteiger partial charge >= 0.3 is 0 Å². The molecule has 0 aliphatic heterocycles. The molecule has 0 aliphatic carbocycles. The van der Waals surface area contributed by atoms with Crippen LogP contribution in [0.4, 0.5) is 0 Å². The first kappa shape index (κ1) is 23.0. The van der Waals surface area contributed by atoms with E-state index in [-0.39, 0.29) is 0 Å². The zero-order valence-electron chi connectivity index (χ0n) is 16.2. The topological polar surface area (TPSA) is 20.2 Å². The van der Waals surface area contributed by atoms with Crippen molar-refractivity contribution in [1.29, 1.82) is 0 Å². The molecule has 1 radical (unpaired) electrons. The van der Waals surface area contributed by atoms with Crippen LogP contribution in [-0.2, 0) is 0 Å². The van der Waals surface area contributed by atoms with E-state index in [1.165, 1.54) is 122 Å². The second-order valence-electron chi connectivity index (χ2n) is 7.34. The second kappa shape index (κ2) is 22.0. The number of aliphatic hydroxyl groups is 1. The maximum atomic E-state index is 8.58. The third-order valence-corrected chi connectivity index (χ3v) is 4.94. The van der Waals surface area contributed by atoms with Crippen molar-refractivity contribution in [2.45, 2.75) is 135 Å². The fourth-order valence-corrected chi connectivity index (χ4v) is 3.31. The molecule has 0 aromatic rings. The summed E-state index contributed by atoms with van der Waals surface area (Å²) in [5.74, 6) is 0. The minimum Gasteiger partial charge on any atom is -0.390 e. The normalized spacial score (nSPS) is 11.2. The van der Waals surface area contributed by atoms with Crippen molar-refractivity contribution >= 4 is 0 Å². The zero-order valence-corrected chi connectivity index (χ0v) is 16.2. The van der Waals surface area contributed by atoms with Crippen LogP contribution < -0.4 is 0 Å². The van der Waals surface area contributed by atoms with Gasteiger partial charge in [-0.25, -0.2) is 0 Å². The van der Waals surface area contributed by atoms with Gasteiger partial charge in [0.05, 0.1) is 6.61 Å². The molecule has 0 amide bonds. The van der Waals surface area contributed by atoms with E-state index >= 15 is 0 Å². The Bertz CT molecular complexity index is 170. The Labute approximate surface area is 147 Å². The number of unbranched alkanes of at least 4 members (excludes halogenated alkanes) is 19. The average molecular weight is 326 g/mol. The van der Waals surface area contributed by atoms with Gasteiger partial charge in [-0.2, -0.15) is 0 Å². The van der Waals surface area contributed by atoms with Gasteiger partial charge in [-0.05, 0) is 6.42 Å². The second-order valence-corrected chi connectivity index (χ2v) is 7.34. The monoisotopic (exact) mass is 325 g/mol. The summed E-state index contributed by atoms with van der Waals surface area (Å²) in [7, 11) is 0. The first-order valence-electron chi connectivity index (χ1n) is 10.9. The van der Waals surface area contributed by atoms with Gasteiger partial charge in [-0.15, -0.1) is 0 Å². The molecule has 0 aliphatic rings. The highest BCUT2D eigenvalue weighted by atomic mass is 16.2. The Morgan fingerprint density at radius 1 is 0.435 bits per heavy atom. The van der Waals surface area contributed by atoms with E-state index in [1.54, 1.807) is 0 Å². The lowest BCUT2D eigenvalue weighted by atomic mass is 10.0. The van der Waals surface area contributed by atoms with Crippen LogP contribution in [0.1, 0.15) is 135 Å². The van der Waals surface area contributed by atoms with E-state index in [2.05, 4.69) is 6.92 Å². The van der Waals surface area contributed by atoms with Crippen molar-refractivity contribution in [2.24, 2.45) is 0 Å². The molecule has 0 unspecified atom stereocenters. The lowest BCUT2D eigenvalue weighted by molar-refractivity contribution is 0.367. The highest BCUT2D eigenvalue weighted by Crippen LogP contribution is 2.14. The molecule has 23 heavy (non-hydrogen) atoms. The number of hydrogen-bond donors (Lipinski definition) is 1. The summed E-state index contributed by atoms with van der Waals surface area (Å²) in [6, 6.07) is 0. The Kier molecular flexibility index (Phi) is 21.9. The van der Waals surface area contributed by atoms with Gasteiger partial charge < -0.3 is 5.11 Å². The maximum Gasteiger partial charge on any atom is 0.0799 e. The SMILES string of the molecule is CCCCCCCCCCCCCCCCCCCCC[CH]O. The van der Waals surface area contributed by atoms with Crippen molar-refractivity contribution in [3.05, 3.63) is 6.61 Å². The van der Waals surface area contributed by atoms with E-state index in [0.717, 1.165) is 12.8 Å². The maximum absolute atomic E-state index is 8.58. The van der Waals surface area contributed by atoms with E-state index in [9.17, 15) is 0 Å². The average Bonchev–Trinajstić information content (AvgIpc) is 2.57. The van der Waals surface area contributed by atoms with Crippen LogP contribution in [-0.4, -0.2) is 5.11 Å². The van der Waals surface area contributed by atoms with Crippen molar-refractivity contribution in [2.75, 3.05) is 0 Å². The Balaban J connectivity index is 2.92. The van der Waals surface area contributed by atoms with Gasteiger partial charge in [0.1, 0.15) is 0 Å². The van der Waals surface area contributed by atoms with Gasteiger partial charge in [0.25, 0.3) is 0 Å². The van der Waals surface area contributed by atoms with Crippen molar-refractivity contribution < 1.29 is 5.11 Å². The fraction of sp³-hybridized carbons (Fsp3) is 0.955. The van der Waals surface area contributed by atoms with Crippen molar-refractivity contribution in [3.8, 4) is 0 Å². The predicted octanol–water partition coefficient (Wildman–Crippen LogP) is 8.34. The lowest BCUT2D eigenvalue weighted by Crippen LogP contribution is -1.84. The molecule has 1 nitrogen and oxygen atoms in total. The largest absolute Gasteiger partial charge is 0.390 e. The quantitative estimate of drug-likeness (QED) is 0.223. The Morgan fingerprint density at radius 3 is 0.957 bits per heavy atom. The van der Waals surface area contributed by atoms with Gasteiger partial charge in [0, 0.05) is 0 Å². The third kappa shape index (κ3) is 22.0. The van der Waals surface area contributed by atoms with Crippen LogP contribution in [0.15, 0.2) is 0 Å². The molecular weight excluding hydrogens is 280 g/mol. The molecular formula is C22H45O. The van der Waals surface area contributed by atoms with Gasteiger partial charge in [-0.3, -0.25) is 0 Å². The summed E-state index contributed by atoms with van der Waals surface area (Å²) in [5, 5.41) is 8.58. The van der Waals surface area contributed by atoms with Gasteiger partial charge in [0.2, 0.25) is 0 Å². The van der Waals surface area contributed by atoms with E-state index in [1.807, 2.05) is 0 Å². The van der Waals surface area contributed by atoms with E-state index in [4.69, 9.17) is 5.11 Å². The summed E-state index contributed by atoms with van der Waals surface area (Å²) < 4.78 is 0. The van der Waals surface area contributed by atoms with Crippen LogP contribution >= 0.6 is 0 Å². The number of aliphatic hydroxyl groups excluding tert-OH is 1. The molecule has 139 valence electrons. The Hall–Kier alpha value is -0.0400.